The van der Waals surface area contributed by atoms with Crippen LogP contribution in [0.5, 0.6) is 0 Å². The van der Waals surface area contributed by atoms with Crippen LogP contribution in [0.15, 0.2) is 76.7 Å². The molecule has 128 valence electrons. The summed E-state index contributed by atoms with van der Waals surface area (Å²) in [6.45, 7) is 0.332. The summed E-state index contributed by atoms with van der Waals surface area (Å²) in [5.74, 6) is -0.299. The molecule has 0 radical (unpaired) electrons. The largest absolute Gasteiger partial charge is 0.472 e. The number of pyridine rings is 1. The van der Waals surface area contributed by atoms with Crippen molar-refractivity contribution in [2.45, 2.75) is 11.4 Å². The zero-order chi connectivity index (χ0) is 17.7. The highest BCUT2D eigenvalue weighted by Gasteiger charge is 2.15. The highest BCUT2D eigenvalue weighted by atomic mass is 32.2. The summed E-state index contributed by atoms with van der Waals surface area (Å²) >= 11 is 0. The van der Waals surface area contributed by atoms with Crippen molar-refractivity contribution in [3.8, 4) is 0 Å². The van der Waals surface area contributed by atoms with Gasteiger partial charge in [-0.1, -0.05) is 0 Å². The fraction of sp³-hybridized carbons (Fsp3) is 0.0588. The van der Waals surface area contributed by atoms with Gasteiger partial charge in [0.25, 0.3) is 15.9 Å². The number of furan rings is 1. The summed E-state index contributed by atoms with van der Waals surface area (Å²) < 4.78 is 32.0. The Kier molecular flexibility index (Phi) is 4.80. The van der Waals surface area contributed by atoms with Crippen LogP contribution < -0.4 is 10.0 Å². The Balaban J connectivity index is 1.67. The van der Waals surface area contributed by atoms with Crippen molar-refractivity contribution in [2.75, 3.05) is 4.72 Å². The normalized spacial score (nSPS) is 11.0. The molecule has 0 saturated carbocycles. The van der Waals surface area contributed by atoms with Gasteiger partial charge in [0.05, 0.1) is 23.1 Å². The molecule has 7 nitrogen and oxygen atoms in total. The van der Waals surface area contributed by atoms with Crippen LogP contribution in [0.3, 0.4) is 0 Å². The molecular formula is C17H15N3O4S. The number of rotatable bonds is 6. The number of nitrogens with zero attached hydrogens (tertiary/aromatic N) is 1. The first-order valence-corrected chi connectivity index (χ1v) is 8.85. The minimum absolute atomic E-state index is 0.0655. The van der Waals surface area contributed by atoms with Crippen LogP contribution in [0.2, 0.25) is 0 Å². The van der Waals surface area contributed by atoms with Gasteiger partial charge in [0.2, 0.25) is 0 Å². The number of amides is 1. The molecule has 2 heterocycles. The average molecular weight is 357 g/mol. The van der Waals surface area contributed by atoms with Gasteiger partial charge in [-0.25, -0.2) is 8.42 Å². The monoisotopic (exact) mass is 357 g/mol. The maximum Gasteiger partial charge on any atom is 0.261 e. The smallest absolute Gasteiger partial charge is 0.261 e. The predicted octanol–water partition coefficient (Wildman–Crippen LogP) is 2.41. The van der Waals surface area contributed by atoms with E-state index in [0.717, 1.165) is 5.56 Å². The molecule has 2 aromatic heterocycles. The molecule has 1 amide bonds. The molecule has 0 spiro atoms. The number of aromatic nitrogens is 1. The van der Waals surface area contributed by atoms with Crippen molar-refractivity contribution >= 4 is 21.6 Å². The van der Waals surface area contributed by atoms with Crippen LogP contribution in [0.25, 0.3) is 0 Å². The molecule has 25 heavy (non-hydrogen) atoms. The van der Waals surface area contributed by atoms with Crippen molar-refractivity contribution in [1.82, 2.24) is 10.3 Å². The van der Waals surface area contributed by atoms with Crippen LogP contribution in [-0.4, -0.2) is 19.3 Å². The molecule has 0 bridgehead atoms. The Morgan fingerprint density at radius 1 is 1.04 bits per heavy atom. The third-order valence-electron chi connectivity index (χ3n) is 3.39. The van der Waals surface area contributed by atoms with Crippen LogP contribution >= 0.6 is 0 Å². The molecule has 0 saturated heterocycles. The zero-order valence-electron chi connectivity index (χ0n) is 13.0. The molecule has 0 aliphatic carbocycles. The topological polar surface area (TPSA) is 101 Å². The van der Waals surface area contributed by atoms with Gasteiger partial charge in [-0.2, -0.15) is 0 Å². The molecule has 3 aromatic rings. The van der Waals surface area contributed by atoms with Gasteiger partial charge in [0, 0.05) is 30.1 Å². The summed E-state index contributed by atoms with van der Waals surface area (Å²) in [4.78, 5) is 16.0. The molecule has 3 rings (SSSR count). The number of benzene rings is 1. The lowest BCUT2D eigenvalue weighted by molar-refractivity contribution is 0.0951. The second-order valence-corrected chi connectivity index (χ2v) is 6.86. The Labute approximate surface area is 144 Å². The minimum Gasteiger partial charge on any atom is -0.472 e. The summed E-state index contributed by atoms with van der Waals surface area (Å²) in [6, 6.07) is 10.6. The van der Waals surface area contributed by atoms with E-state index in [9.17, 15) is 13.2 Å². The van der Waals surface area contributed by atoms with Crippen molar-refractivity contribution in [3.05, 3.63) is 78.5 Å². The first kappa shape index (κ1) is 16.7. The highest BCUT2D eigenvalue weighted by Crippen LogP contribution is 2.16. The molecule has 0 fully saturated rings. The number of hydrogen-bond acceptors (Lipinski definition) is 5. The van der Waals surface area contributed by atoms with Crippen LogP contribution in [0, 0.1) is 0 Å². The second-order valence-electron chi connectivity index (χ2n) is 5.18. The van der Waals surface area contributed by atoms with Gasteiger partial charge < -0.3 is 9.73 Å². The molecular weight excluding hydrogens is 342 g/mol. The van der Waals surface area contributed by atoms with Crippen molar-refractivity contribution in [3.63, 3.8) is 0 Å². The SMILES string of the molecule is O=C(NCc1ccoc1)c1ccc(S(=O)(=O)Nc2ccncc2)cc1. The lowest BCUT2D eigenvalue weighted by Gasteiger charge is -2.09. The average Bonchev–Trinajstić information content (AvgIpc) is 3.14. The fourth-order valence-electron chi connectivity index (χ4n) is 2.10. The quantitative estimate of drug-likeness (QED) is 0.705. The fourth-order valence-corrected chi connectivity index (χ4v) is 3.16. The summed E-state index contributed by atoms with van der Waals surface area (Å²) in [7, 11) is -3.73. The Hall–Kier alpha value is -3.13. The first-order valence-electron chi connectivity index (χ1n) is 7.37. The Bertz CT molecular complexity index is 937. The van der Waals surface area contributed by atoms with Crippen LogP contribution in [0.4, 0.5) is 5.69 Å². The molecule has 8 heteroatoms. The predicted molar refractivity (Wildman–Crippen MR) is 91.4 cm³/mol. The van der Waals surface area contributed by atoms with E-state index in [1.54, 1.807) is 24.5 Å². The molecule has 1 aromatic carbocycles. The third kappa shape index (κ3) is 4.24. The van der Waals surface area contributed by atoms with E-state index in [1.165, 1.54) is 42.9 Å². The molecule has 0 unspecified atom stereocenters. The number of anilines is 1. The maximum absolute atomic E-state index is 12.3. The van der Waals surface area contributed by atoms with Crippen molar-refractivity contribution in [1.29, 1.82) is 0 Å². The Morgan fingerprint density at radius 3 is 2.40 bits per heavy atom. The highest BCUT2D eigenvalue weighted by molar-refractivity contribution is 7.92. The Morgan fingerprint density at radius 2 is 1.76 bits per heavy atom. The van der Waals surface area contributed by atoms with Gasteiger partial charge in [-0.15, -0.1) is 0 Å². The molecule has 0 aliphatic heterocycles. The lowest BCUT2D eigenvalue weighted by Crippen LogP contribution is -2.22. The zero-order valence-corrected chi connectivity index (χ0v) is 13.9. The van der Waals surface area contributed by atoms with E-state index in [1.807, 2.05) is 0 Å². The van der Waals surface area contributed by atoms with Gasteiger partial charge in [0.1, 0.15) is 0 Å². The second kappa shape index (κ2) is 7.18. The standard InChI is InChI=1S/C17H15N3O4S/c21-17(19-11-13-7-10-24-12-13)14-1-3-16(4-2-14)25(22,23)20-15-5-8-18-9-6-15/h1-10,12H,11H2,(H,18,20)(H,19,21). The van der Waals surface area contributed by atoms with E-state index in [0.29, 0.717) is 17.8 Å². The molecule has 0 aliphatic rings. The van der Waals surface area contributed by atoms with Crippen molar-refractivity contribution < 1.29 is 17.6 Å². The summed E-state index contributed by atoms with van der Waals surface area (Å²) in [5.41, 5.74) is 1.62. The third-order valence-corrected chi connectivity index (χ3v) is 4.79. The van der Waals surface area contributed by atoms with E-state index in [4.69, 9.17) is 4.42 Å². The lowest BCUT2D eigenvalue weighted by atomic mass is 10.2. The number of hydrogen-bond donors (Lipinski definition) is 2. The van der Waals surface area contributed by atoms with E-state index in [2.05, 4.69) is 15.0 Å². The van der Waals surface area contributed by atoms with Crippen molar-refractivity contribution in [2.24, 2.45) is 0 Å². The van der Waals surface area contributed by atoms with Crippen LogP contribution in [0.1, 0.15) is 15.9 Å². The number of nitrogens with one attached hydrogen (secondary N) is 2. The molecule has 0 atom stereocenters. The van der Waals surface area contributed by atoms with Gasteiger partial charge >= 0.3 is 0 Å². The maximum atomic E-state index is 12.3. The van der Waals surface area contributed by atoms with E-state index < -0.39 is 10.0 Å². The van der Waals surface area contributed by atoms with Gasteiger partial charge in [0.15, 0.2) is 0 Å². The number of carbonyl (C=O) groups is 1. The van der Waals surface area contributed by atoms with Crippen LogP contribution in [-0.2, 0) is 16.6 Å². The number of sulfonamides is 1. The minimum atomic E-state index is -3.73. The summed E-state index contributed by atoms with van der Waals surface area (Å²) in [5, 5.41) is 2.73. The summed E-state index contributed by atoms with van der Waals surface area (Å²) in [6.07, 6.45) is 6.05. The van der Waals surface area contributed by atoms with Gasteiger partial charge in [-0.3, -0.25) is 14.5 Å². The number of carbonyl (C=O) groups excluding carboxylic acids is 1. The van der Waals surface area contributed by atoms with E-state index >= 15 is 0 Å². The first-order chi connectivity index (χ1) is 12.0. The van der Waals surface area contributed by atoms with Gasteiger partial charge in [-0.05, 0) is 42.5 Å². The van der Waals surface area contributed by atoms with E-state index in [-0.39, 0.29) is 10.8 Å². The molecule has 2 N–H and O–H groups in total.